The van der Waals surface area contributed by atoms with E-state index in [9.17, 15) is 4.79 Å². The summed E-state index contributed by atoms with van der Waals surface area (Å²) < 4.78 is 2.26. The van der Waals surface area contributed by atoms with Gasteiger partial charge in [0.25, 0.3) is 0 Å². The Morgan fingerprint density at radius 1 is 1.14 bits per heavy atom. The van der Waals surface area contributed by atoms with Crippen molar-refractivity contribution in [3.05, 3.63) is 47.7 Å². The molecule has 0 aliphatic heterocycles. The molecule has 0 saturated carbocycles. The van der Waals surface area contributed by atoms with E-state index in [1.165, 1.54) is 16.8 Å². The highest BCUT2D eigenvalue weighted by molar-refractivity contribution is 5.67. The van der Waals surface area contributed by atoms with Gasteiger partial charge in [0, 0.05) is 17.9 Å². The van der Waals surface area contributed by atoms with Gasteiger partial charge < -0.3 is 9.67 Å². The highest BCUT2D eigenvalue weighted by atomic mass is 16.4. The van der Waals surface area contributed by atoms with Gasteiger partial charge in [0.2, 0.25) is 0 Å². The quantitative estimate of drug-likeness (QED) is 0.866. The minimum Gasteiger partial charge on any atom is -0.481 e. The number of rotatable bonds is 6. The highest BCUT2D eigenvalue weighted by Crippen LogP contribution is 2.25. The number of aryl methyl sites for hydroxylation is 2. The van der Waals surface area contributed by atoms with E-state index in [0.717, 1.165) is 12.2 Å². The monoisotopic (exact) mass is 285 g/mol. The second-order valence-electron chi connectivity index (χ2n) is 5.97. The Kier molecular flexibility index (Phi) is 4.84. The second kappa shape index (κ2) is 6.61. The summed E-state index contributed by atoms with van der Waals surface area (Å²) in [6.07, 6.45) is 0.753. The molecule has 0 amide bonds. The maximum atomic E-state index is 10.8. The Hall–Kier alpha value is -2.03. The molecule has 0 aliphatic rings. The molecule has 0 atom stereocenters. The Labute approximate surface area is 126 Å². The molecule has 3 heteroatoms. The highest BCUT2D eigenvalue weighted by Gasteiger charge is 2.12. The summed E-state index contributed by atoms with van der Waals surface area (Å²) >= 11 is 0. The van der Waals surface area contributed by atoms with Crippen LogP contribution in [0.1, 0.15) is 31.5 Å². The van der Waals surface area contributed by atoms with Crippen molar-refractivity contribution in [1.82, 2.24) is 4.57 Å². The number of carboxylic acids is 1. The second-order valence-corrected chi connectivity index (χ2v) is 5.97. The molecule has 1 aromatic carbocycles. The first kappa shape index (κ1) is 15.4. The van der Waals surface area contributed by atoms with Gasteiger partial charge in [0.1, 0.15) is 0 Å². The number of nitrogens with zero attached hydrogens (tertiary/aromatic N) is 1. The summed E-state index contributed by atoms with van der Waals surface area (Å²) in [4.78, 5) is 10.8. The number of benzene rings is 1. The van der Waals surface area contributed by atoms with Crippen LogP contribution in [-0.2, 0) is 17.8 Å². The molecule has 3 nitrogen and oxygen atoms in total. The smallest absolute Gasteiger partial charge is 0.303 e. The van der Waals surface area contributed by atoms with E-state index in [-0.39, 0.29) is 6.42 Å². The van der Waals surface area contributed by atoms with Crippen LogP contribution in [0.15, 0.2) is 36.4 Å². The maximum absolute atomic E-state index is 10.8. The minimum absolute atomic E-state index is 0.176. The molecule has 0 bridgehead atoms. The standard InChI is InChI=1S/C18H23NO2/c1-13(2)12-19-16(9-11-18(20)21)8-10-17(19)15-6-4-14(3)5-7-15/h4-8,10,13H,9,11-12H2,1-3H3,(H,20,21). The molecular weight excluding hydrogens is 262 g/mol. The lowest BCUT2D eigenvalue weighted by molar-refractivity contribution is -0.136. The zero-order valence-electron chi connectivity index (χ0n) is 13.0. The van der Waals surface area contributed by atoms with Crippen LogP contribution in [0, 0.1) is 12.8 Å². The van der Waals surface area contributed by atoms with Gasteiger partial charge in [-0.15, -0.1) is 0 Å². The fourth-order valence-electron chi connectivity index (χ4n) is 2.52. The van der Waals surface area contributed by atoms with E-state index < -0.39 is 5.97 Å². The summed E-state index contributed by atoms with van der Waals surface area (Å²) in [6.45, 7) is 7.35. The Balaban J connectivity index is 2.35. The molecule has 0 fully saturated rings. The van der Waals surface area contributed by atoms with Gasteiger partial charge in [0.05, 0.1) is 6.42 Å². The van der Waals surface area contributed by atoms with Gasteiger partial charge >= 0.3 is 5.97 Å². The van der Waals surface area contributed by atoms with E-state index in [1.54, 1.807) is 0 Å². The van der Waals surface area contributed by atoms with Crippen molar-refractivity contribution in [1.29, 1.82) is 0 Å². The molecule has 0 unspecified atom stereocenters. The minimum atomic E-state index is -0.746. The average molecular weight is 285 g/mol. The molecule has 2 rings (SSSR count). The molecule has 1 heterocycles. The summed E-state index contributed by atoms with van der Waals surface area (Å²) in [7, 11) is 0. The van der Waals surface area contributed by atoms with E-state index in [4.69, 9.17) is 5.11 Å². The Morgan fingerprint density at radius 2 is 1.81 bits per heavy atom. The predicted molar refractivity (Wildman–Crippen MR) is 85.4 cm³/mol. The van der Waals surface area contributed by atoms with E-state index in [0.29, 0.717) is 12.3 Å². The number of carbonyl (C=O) groups is 1. The van der Waals surface area contributed by atoms with Crippen molar-refractivity contribution < 1.29 is 9.90 Å². The maximum Gasteiger partial charge on any atom is 0.303 e. The average Bonchev–Trinajstić information content (AvgIpc) is 2.79. The largest absolute Gasteiger partial charge is 0.481 e. The number of hydrogen-bond donors (Lipinski definition) is 1. The van der Waals surface area contributed by atoms with Crippen LogP contribution in [0.25, 0.3) is 11.3 Å². The number of aromatic nitrogens is 1. The Bertz CT molecular complexity index is 609. The topological polar surface area (TPSA) is 42.2 Å². The molecule has 1 aromatic heterocycles. The van der Waals surface area contributed by atoms with Crippen LogP contribution in [0.5, 0.6) is 0 Å². The third-order valence-corrected chi connectivity index (χ3v) is 3.56. The third kappa shape index (κ3) is 3.97. The van der Waals surface area contributed by atoms with Crippen molar-refractivity contribution in [3.63, 3.8) is 0 Å². The van der Waals surface area contributed by atoms with Crippen molar-refractivity contribution >= 4 is 5.97 Å². The van der Waals surface area contributed by atoms with Crippen molar-refractivity contribution in [3.8, 4) is 11.3 Å². The van der Waals surface area contributed by atoms with Gasteiger partial charge in [-0.1, -0.05) is 43.7 Å². The van der Waals surface area contributed by atoms with Crippen LogP contribution in [0.4, 0.5) is 0 Å². The van der Waals surface area contributed by atoms with Gasteiger partial charge in [-0.3, -0.25) is 4.79 Å². The normalized spacial score (nSPS) is 11.0. The number of hydrogen-bond acceptors (Lipinski definition) is 1. The van der Waals surface area contributed by atoms with Crippen molar-refractivity contribution in [2.75, 3.05) is 0 Å². The fraction of sp³-hybridized carbons (Fsp3) is 0.389. The molecule has 1 N–H and O–H groups in total. The van der Waals surface area contributed by atoms with Crippen LogP contribution >= 0.6 is 0 Å². The van der Waals surface area contributed by atoms with Gasteiger partial charge in [0.15, 0.2) is 0 Å². The van der Waals surface area contributed by atoms with Gasteiger partial charge in [-0.25, -0.2) is 0 Å². The van der Waals surface area contributed by atoms with Crippen LogP contribution in [-0.4, -0.2) is 15.6 Å². The molecule has 21 heavy (non-hydrogen) atoms. The summed E-state index contributed by atoms with van der Waals surface area (Å²) in [6, 6.07) is 12.6. The molecule has 112 valence electrons. The number of aliphatic carboxylic acids is 1. The molecule has 0 radical (unpaired) electrons. The first-order chi connectivity index (χ1) is 9.97. The van der Waals surface area contributed by atoms with E-state index in [2.05, 4.69) is 61.7 Å². The third-order valence-electron chi connectivity index (χ3n) is 3.56. The van der Waals surface area contributed by atoms with Crippen molar-refractivity contribution in [2.45, 2.75) is 40.2 Å². The van der Waals surface area contributed by atoms with E-state index in [1.807, 2.05) is 0 Å². The number of carboxylic acid groups (broad SMARTS) is 1. The summed E-state index contributed by atoms with van der Waals surface area (Å²) in [5.74, 6) is -0.227. The molecule has 2 aromatic rings. The van der Waals surface area contributed by atoms with Gasteiger partial charge in [-0.05, 0) is 37.0 Å². The molecule has 0 saturated heterocycles. The van der Waals surface area contributed by atoms with Crippen LogP contribution < -0.4 is 0 Å². The SMILES string of the molecule is Cc1ccc(-c2ccc(CCC(=O)O)n2CC(C)C)cc1. The lowest BCUT2D eigenvalue weighted by atomic mass is 10.1. The van der Waals surface area contributed by atoms with Gasteiger partial charge in [-0.2, -0.15) is 0 Å². The summed E-state index contributed by atoms with van der Waals surface area (Å²) in [5, 5.41) is 8.89. The first-order valence-corrected chi connectivity index (χ1v) is 7.44. The van der Waals surface area contributed by atoms with E-state index >= 15 is 0 Å². The first-order valence-electron chi connectivity index (χ1n) is 7.44. The lowest BCUT2D eigenvalue weighted by Gasteiger charge is -2.16. The zero-order chi connectivity index (χ0) is 15.4. The zero-order valence-corrected chi connectivity index (χ0v) is 13.0. The molecular formula is C18H23NO2. The predicted octanol–water partition coefficient (Wildman–Crippen LogP) is 4.14. The Morgan fingerprint density at radius 3 is 2.38 bits per heavy atom. The van der Waals surface area contributed by atoms with Crippen LogP contribution in [0.3, 0.4) is 0 Å². The van der Waals surface area contributed by atoms with Crippen LogP contribution in [0.2, 0.25) is 0 Å². The lowest BCUT2D eigenvalue weighted by Crippen LogP contribution is -2.10. The molecule has 0 spiro atoms. The fourth-order valence-corrected chi connectivity index (χ4v) is 2.52. The molecule has 0 aliphatic carbocycles. The summed E-state index contributed by atoms with van der Waals surface area (Å²) in [5.41, 5.74) is 4.69. The van der Waals surface area contributed by atoms with Crippen molar-refractivity contribution in [2.24, 2.45) is 5.92 Å².